The molecule has 0 radical (unpaired) electrons. The van der Waals surface area contributed by atoms with Crippen LogP contribution in [0.5, 0.6) is 0 Å². The molecule has 1 heterocycles. The van der Waals surface area contributed by atoms with Gasteiger partial charge in [0.05, 0.1) is 12.3 Å². The predicted molar refractivity (Wildman–Crippen MR) is 86.1 cm³/mol. The van der Waals surface area contributed by atoms with Gasteiger partial charge in [0.2, 0.25) is 0 Å². The van der Waals surface area contributed by atoms with Gasteiger partial charge in [-0.2, -0.15) is 5.10 Å². The van der Waals surface area contributed by atoms with E-state index in [0.717, 1.165) is 27.8 Å². The highest BCUT2D eigenvalue weighted by molar-refractivity contribution is 8.14. The summed E-state index contributed by atoms with van der Waals surface area (Å²) in [6.07, 6.45) is 0. The molecule has 1 aliphatic heterocycles. The van der Waals surface area contributed by atoms with Crippen molar-refractivity contribution in [2.45, 2.75) is 6.54 Å². The molecule has 3 nitrogen and oxygen atoms in total. The van der Waals surface area contributed by atoms with Crippen molar-refractivity contribution in [2.24, 2.45) is 10.1 Å². The van der Waals surface area contributed by atoms with Crippen LogP contribution >= 0.6 is 11.8 Å². The lowest BCUT2D eigenvalue weighted by atomic mass is 10.1. The zero-order chi connectivity index (χ0) is 14.5. The van der Waals surface area contributed by atoms with Crippen LogP contribution in [-0.4, -0.2) is 16.6 Å². The molecule has 0 amide bonds. The van der Waals surface area contributed by atoms with Gasteiger partial charge in [-0.15, -0.1) is 0 Å². The van der Waals surface area contributed by atoms with E-state index in [9.17, 15) is 4.39 Å². The van der Waals surface area contributed by atoms with Crippen LogP contribution < -0.4 is 5.43 Å². The molecule has 1 aliphatic rings. The number of hydrogen-bond acceptors (Lipinski definition) is 3. The second-order valence-electron chi connectivity index (χ2n) is 4.57. The van der Waals surface area contributed by atoms with Crippen molar-refractivity contribution in [3.05, 3.63) is 71.5 Å². The van der Waals surface area contributed by atoms with Crippen molar-refractivity contribution in [3.63, 3.8) is 0 Å². The molecule has 3 rings (SSSR count). The highest BCUT2D eigenvalue weighted by atomic mass is 32.2. The molecule has 2 aromatic carbocycles. The van der Waals surface area contributed by atoms with Gasteiger partial charge in [0.25, 0.3) is 0 Å². The fourth-order valence-electron chi connectivity index (χ4n) is 1.93. The molecule has 5 heteroatoms. The van der Waals surface area contributed by atoms with Crippen LogP contribution in [0.4, 0.5) is 4.39 Å². The summed E-state index contributed by atoms with van der Waals surface area (Å²) in [5.74, 6) is 0.563. The zero-order valence-electron chi connectivity index (χ0n) is 11.3. The van der Waals surface area contributed by atoms with Crippen molar-refractivity contribution >= 4 is 22.6 Å². The Bertz CT molecular complexity index is 666. The number of halogens is 1. The Morgan fingerprint density at radius 3 is 2.52 bits per heavy atom. The molecular weight excluding hydrogens is 285 g/mol. The molecule has 1 N–H and O–H groups in total. The van der Waals surface area contributed by atoms with E-state index in [2.05, 4.69) is 15.5 Å². The van der Waals surface area contributed by atoms with Crippen molar-refractivity contribution in [2.75, 3.05) is 5.75 Å². The summed E-state index contributed by atoms with van der Waals surface area (Å²) >= 11 is 1.62. The molecule has 0 saturated carbocycles. The molecule has 106 valence electrons. The molecule has 0 atom stereocenters. The lowest BCUT2D eigenvalue weighted by Gasteiger charge is -2.14. The standard InChI is InChI=1S/C16H14FN3S/c17-14-8-6-12(7-9-14)10-18-16-20-19-15(11-21-16)13-4-2-1-3-5-13/h1-9H,10-11H2,(H,18,20). The fraction of sp³-hybridized carbons (Fsp3) is 0.125. The van der Waals surface area contributed by atoms with Crippen LogP contribution in [0, 0.1) is 5.82 Å². The third-order valence-electron chi connectivity index (χ3n) is 3.06. The fourth-order valence-corrected chi connectivity index (χ4v) is 2.70. The Labute approximate surface area is 127 Å². The van der Waals surface area contributed by atoms with Gasteiger partial charge in [0.15, 0.2) is 5.17 Å². The minimum Gasteiger partial charge on any atom is -0.256 e. The molecular formula is C16H14FN3S. The SMILES string of the molecule is Fc1ccc(CN=C2NN=C(c3ccccc3)CS2)cc1. The number of benzene rings is 2. The minimum absolute atomic E-state index is 0.228. The Morgan fingerprint density at radius 2 is 1.86 bits per heavy atom. The van der Waals surface area contributed by atoms with E-state index in [-0.39, 0.29) is 5.82 Å². The van der Waals surface area contributed by atoms with Gasteiger partial charge in [-0.1, -0.05) is 54.2 Å². The van der Waals surface area contributed by atoms with E-state index >= 15 is 0 Å². The Hall–Kier alpha value is -2.14. The summed E-state index contributed by atoms with van der Waals surface area (Å²) in [6, 6.07) is 16.5. The van der Waals surface area contributed by atoms with Gasteiger partial charge in [0.1, 0.15) is 5.82 Å². The van der Waals surface area contributed by atoms with Crippen molar-refractivity contribution < 1.29 is 4.39 Å². The summed E-state index contributed by atoms with van der Waals surface area (Å²) in [5.41, 5.74) is 6.09. The summed E-state index contributed by atoms with van der Waals surface area (Å²) in [4.78, 5) is 4.45. The zero-order valence-corrected chi connectivity index (χ0v) is 12.1. The number of thioether (sulfide) groups is 1. The molecule has 0 aliphatic carbocycles. The first-order valence-electron chi connectivity index (χ1n) is 6.61. The van der Waals surface area contributed by atoms with Crippen LogP contribution in [0.15, 0.2) is 64.7 Å². The second kappa shape index (κ2) is 6.54. The smallest absolute Gasteiger partial charge is 0.177 e. The van der Waals surface area contributed by atoms with Crippen LogP contribution in [-0.2, 0) is 6.54 Å². The Balaban J connectivity index is 1.63. The summed E-state index contributed by atoms with van der Waals surface area (Å²) < 4.78 is 12.8. The molecule has 0 unspecified atom stereocenters. The maximum absolute atomic E-state index is 12.8. The molecule has 0 fully saturated rings. The molecule has 0 aromatic heterocycles. The average Bonchev–Trinajstić information content (AvgIpc) is 2.56. The van der Waals surface area contributed by atoms with Crippen LogP contribution in [0.25, 0.3) is 0 Å². The van der Waals surface area contributed by atoms with E-state index < -0.39 is 0 Å². The van der Waals surface area contributed by atoms with Gasteiger partial charge in [-0.05, 0) is 23.3 Å². The molecule has 2 aromatic rings. The van der Waals surface area contributed by atoms with E-state index in [0.29, 0.717) is 6.54 Å². The third kappa shape index (κ3) is 3.70. The average molecular weight is 299 g/mol. The number of nitrogens with one attached hydrogen (secondary N) is 1. The monoisotopic (exact) mass is 299 g/mol. The van der Waals surface area contributed by atoms with E-state index in [1.165, 1.54) is 12.1 Å². The van der Waals surface area contributed by atoms with Gasteiger partial charge >= 0.3 is 0 Å². The number of aliphatic imine (C=N–C) groups is 1. The van der Waals surface area contributed by atoms with E-state index in [1.54, 1.807) is 23.9 Å². The number of rotatable bonds is 3. The largest absolute Gasteiger partial charge is 0.256 e. The van der Waals surface area contributed by atoms with Crippen LogP contribution in [0.1, 0.15) is 11.1 Å². The van der Waals surface area contributed by atoms with Crippen molar-refractivity contribution in [1.29, 1.82) is 0 Å². The third-order valence-corrected chi connectivity index (χ3v) is 3.97. The summed E-state index contributed by atoms with van der Waals surface area (Å²) in [7, 11) is 0. The van der Waals surface area contributed by atoms with Gasteiger partial charge in [-0.25, -0.2) is 4.39 Å². The predicted octanol–water partition coefficient (Wildman–Crippen LogP) is 3.42. The molecule has 21 heavy (non-hydrogen) atoms. The maximum atomic E-state index is 12.8. The summed E-state index contributed by atoms with van der Waals surface area (Å²) in [5, 5.41) is 5.15. The minimum atomic E-state index is -0.228. The first-order valence-corrected chi connectivity index (χ1v) is 7.59. The van der Waals surface area contributed by atoms with E-state index in [1.807, 2.05) is 30.3 Å². The van der Waals surface area contributed by atoms with Crippen molar-refractivity contribution in [1.82, 2.24) is 5.43 Å². The maximum Gasteiger partial charge on any atom is 0.177 e. The number of nitrogens with zero attached hydrogens (tertiary/aromatic N) is 2. The first-order chi connectivity index (χ1) is 10.3. The first kappa shape index (κ1) is 13.8. The highest BCUT2D eigenvalue weighted by Gasteiger charge is 2.12. The lowest BCUT2D eigenvalue weighted by Crippen LogP contribution is -2.25. The van der Waals surface area contributed by atoms with Crippen LogP contribution in [0.2, 0.25) is 0 Å². The highest BCUT2D eigenvalue weighted by Crippen LogP contribution is 2.14. The lowest BCUT2D eigenvalue weighted by molar-refractivity contribution is 0.627. The Morgan fingerprint density at radius 1 is 1.10 bits per heavy atom. The van der Waals surface area contributed by atoms with Crippen LogP contribution in [0.3, 0.4) is 0 Å². The quantitative estimate of drug-likeness (QED) is 0.943. The molecule has 0 saturated heterocycles. The Kier molecular flexibility index (Phi) is 4.31. The number of hydrazone groups is 1. The van der Waals surface area contributed by atoms with Gasteiger partial charge < -0.3 is 0 Å². The van der Waals surface area contributed by atoms with Gasteiger partial charge in [-0.3, -0.25) is 10.4 Å². The topological polar surface area (TPSA) is 36.8 Å². The molecule has 0 bridgehead atoms. The van der Waals surface area contributed by atoms with E-state index in [4.69, 9.17) is 0 Å². The molecule has 0 spiro atoms. The number of hydrogen-bond donors (Lipinski definition) is 1. The number of amidine groups is 1. The van der Waals surface area contributed by atoms with Gasteiger partial charge in [0, 0.05) is 5.75 Å². The normalized spacial score (nSPS) is 16.4. The second-order valence-corrected chi connectivity index (χ2v) is 5.54. The van der Waals surface area contributed by atoms with Crippen molar-refractivity contribution in [3.8, 4) is 0 Å². The summed E-state index contributed by atoms with van der Waals surface area (Å²) in [6.45, 7) is 0.520.